The Hall–Kier alpha value is -0.920. The Morgan fingerprint density at radius 3 is 2.68 bits per heavy atom. The molecule has 0 radical (unpaired) electrons. The molecule has 1 fully saturated rings. The lowest BCUT2D eigenvalue weighted by Crippen LogP contribution is -2.34. The topological polar surface area (TPSA) is 76.2 Å². The molecule has 5 nitrogen and oxygen atoms in total. The summed E-state index contributed by atoms with van der Waals surface area (Å²) in [6.45, 7) is 3.57. The van der Waals surface area contributed by atoms with Crippen molar-refractivity contribution in [3.63, 3.8) is 0 Å². The van der Waals surface area contributed by atoms with Crippen LogP contribution >= 0.6 is 24.0 Å². The molecule has 0 bridgehead atoms. The Morgan fingerprint density at radius 2 is 2.11 bits per heavy atom. The van der Waals surface area contributed by atoms with E-state index in [0.717, 1.165) is 36.8 Å². The number of nitrogens with one attached hydrogen (secondary N) is 1. The summed E-state index contributed by atoms with van der Waals surface area (Å²) in [5.74, 6) is 2.12. The van der Waals surface area contributed by atoms with Gasteiger partial charge in [-0.1, -0.05) is 6.42 Å². The number of aromatic nitrogens is 2. The highest BCUT2D eigenvalue weighted by molar-refractivity contribution is 14.0. The third-order valence-corrected chi connectivity index (χ3v) is 3.23. The van der Waals surface area contributed by atoms with Crippen LogP contribution in [-0.2, 0) is 6.42 Å². The number of hydrogen-bond acceptors (Lipinski definition) is 3. The molecule has 0 unspecified atom stereocenters. The smallest absolute Gasteiger partial charge is 0.188 e. The van der Waals surface area contributed by atoms with E-state index in [4.69, 9.17) is 5.73 Å². The molecule has 6 heteroatoms. The molecule has 0 spiro atoms. The molecule has 106 valence electrons. The molecule has 0 saturated heterocycles. The Morgan fingerprint density at radius 1 is 1.42 bits per heavy atom. The molecule has 1 aliphatic rings. The van der Waals surface area contributed by atoms with Crippen molar-refractivity contribution in [2.45, 2.75) is 32.6 Å². The molecule has 1 aliphatic carbocycles. The van der Waals surface area contributed by atoms with Gasteiger partial charge in [-0.2, -0.15) is 0 Å². The van der Waals surface area contributed by atoms with Crippen LogP contribution in [0.4, 0.5) is 0 Å². The quantitative estimate of drug-likeness (QED) is 0.466. The summed E-state index contributed by atoms with van der Waals surface area (Å²) in [6.07, 6.45) is 8.37. The second kappa shape index (κ2) is 8.29. The summed E-state index contributed by atoms with van der Waals surface area (Å²) < 4.78 is 0. The van der Waals surface area contributed by atoms with Gasteiger partial charge in [0.25, 0.3) is 0 Å². The number of aliphatic imine (C=N–C) groups is 1. The lowest BCUT2D eigenvalue weighted by atomic mass is 9.86. The van der Waals surface area contributed by atoms with Crippen LogP contribution in [-0.4, -0.2) is 29.0 Å². The zero-order valence-corrected chi connectivity index (χ0v) is 13.6. The fraction of sp³-hybridized carbons (Fsp3) is 0.615. The predicted molar refractivity (Wildman–Crippen MR) is 87.7 cm³/mol. The summed E-state index contributed by atoms with van der Waals surface area (Å²) in [4.78, 5) is 12.8. The van der Waals surface area contributed by atoms with Crippen LogP contribution in [0.5, 0.6) is 0 Å². The average Bonchev–Trinajstić information content (AvgIpc) is 2.30. The van der Waals surface area contributed by atoms with E-state index in [1.807, 2.05) is 19.3 Å². The fourth-order valence-electron chi connectivity index (χ4n) is 1.81. The van der Waals surface area contributed by atoms with E-state index in [2.05, 4.69) is 20.3 Å². The second-order valence-electron chi connectivity index (χ2n) is 4.88. The normalized spacial score (nSPS) is 15.5. The Bertz CT molecular complexity index is 400. The maximum Gasteiger partial charge on any atom is 0.188 e. The molecule has 0 aromatic carbocycles. The molecule has 0 atom stereocenters. The van der Waals surface area contributed by atoms with Crippen molar-refractivity contribution >= 4 is 29.9 Å². The highest BCUT2D eigenvalue weighted by Crippen LogP contribution is 2.26. The number of hydrogen-bond donors (Lipinski definition) is 2. The minimum absolute atomic E-state index is 0. The van der Waals surface area contributed by atoms with Gasteiger partial charge in [0.2, 0.25) is 0 Å². The van der Waals surface area contributed by atoms with Gasteiger partial charge in [0.05, 0.1) is 0 Å². The first-order valence-electron chi connectivity index (χ1n) is 6.55. The first-order chi connectivity index (χ1) is 8.74. The summed E-state index contributed by atoms with van der Waals surface area (Å²) in [7, 11) is 0. The first-order valence-corrected chi connectivity index (χ1v) is 6.55. The van der Waals surface area contributed by atoms with Crippen molar-refractivity contribution in [1.29, 1.82) is 0 Å². The summed E-state index contributed by atoms with van der Waals surface area (Å²) in [5, 5.41) is 3.10. The average molecular weight is 375 g/mol. The Kier molecular flexibility index (Phi) is 7.04. The van der Waals surface area contributed by atoms with Gasteiger partial charge in [0.15, 0.2) is 5.96 Å². The zero-order valence-electron chi connectivity index (χ0n) is 11.3. The monoisotopic (exact) mass is 375 g/mol. The van der Waals surface area contributed by atoms with E-state index in [1.54, 1.807) is 0 Å². The standard InChI is InChI=1S/C13H21N5.HI/c1-10-7-16-12(17-8-10)5-6-15-13(14)18-9-11-3-2-4-11;/h7-8,11H,2-6,9H2,1H3,(H3,14,15,18);1H. The van der Waals surface area contributed by atoms with Gasteiger partial charge in [-0.3, -0.25) is 4.99 Å². The lowest BCUT2D eigenvalue weighted by molar-refractivity contribution is 0.326. The Balaban J connectivity index is 0.00000180. The van der Waals surface area contributed by atoms with Gasteiger partial charge in [-0.25, -0.2) is 9.97 Å². The van der Waals surface area contributed by atoms with Crippen LogP contribution in [0.1, 0.15) is 30.7 Å². The maximum atomic E-state index is 5.79. The van der Waals surface area contributed by atoms with Crippen molar-refractivity contribution in [1.82, 2.24) is 15.3 Å². The fourth-order valence-corrected chi connectivity index (χ4v) is 1.81. The highest BCUT2D eigenvalue weighted by Gasteiger charge is 2.16. The number of rotatable bonds is 5. The molecular formula is C13H22IN5. The highest BCUT2D eigenvalue weighted by atomic mass is 127. The van der Waals surface area contributed by atoms with Crippen molar-refractivity contribution in [2.75, 3.05) is 13.1 Å². The van der Waals surface area contributed by atoms with E-state index < -0.39 is 0 Å². The number of guanidine groups is 1. The summed E-state index contributed by atoms with van der Waals surface area (Å²) in [6, 6.07) is 0. The molecule has 3 N–H and O–H groups in total. The van der Waals surface area contributed by atoms with E-state index in [-0.39, 0.29) is 24.0 Å². The minimum Gasteiger partial charge on any atom is -0.370 e. The molecule has 0 aliphatic heterocycles. The van der Waals surface area contributed by atoms with Gasteiger partial charge >= 0.3 is 0 Å². The summed E-state index contributed by atoms with van der Waals surface area (Å²) in [5.41, 5.74) is 6.86. The SMILES string of the molecule is Cc1cnc(CCNC(N)=NCC2CCC2)nc1.I. The van der Waals surface area contributed by atoms with E-state index in [1.165, 1.54) is 19.3 Å². The van der Waals surface area contributed by atoms with Gasteiger partial charge in [-0.15, -0.1) is 24.0 Å². The van der Waals surface area contributed by atoms with Crippen LogP contribution in [0.2, 0.25) is 0 Å². The van der Waals surface area contributed by atoms with Crippen molar-refractivity contribution < 1.29 is 0 Å². The molecule has 0 amide bonds. The second-order valence-corrected chi connectivity index (χ2v) is 4.88. The van der Waals surface area contributed by atoms with Gasteiger partial charge in [0.1, 0.15) is 5.82 Å². The summed E-state index contributed by atoms with van der Waals surface area (Å²) >= 11 is 0. The molecule has 1 saturated carbocycles. The number of nitrogens with two attached hydrogens (primary N) is 1. The third-order valence-electron chi connectivity index (χ3n) is 3.23. The lowest BCUT2D eigenvalue weighted by Gasteiger charge is -2.23. The van der Waals surface area contributed by atoms with E-state index in [9.17, 15) is 0 Å². The molecule has 1 heterocycles. The molecule has 2 rings (SSSR count). The molecule has 1 aromatic heterocycles. The van der Waals surface area contributed by atoms with E-state index >= 15 is 0 Å². The van der Waals surface area contributed by atoms with E-state index in [0.29, 0.717) is 5.96 Å². The molecule has 1 aromatic rings. The molecule has 19 heavy (non-hydrogen) atoms. The van der Waals surface area contributed by atoms with Gasteiger partial charge in [-0.05, 0) is 31.2 Å². The number of halogens is 1. The zero-order chi connectivity index (χ0) is 12.8. The van der Waals surface area contributed by atoms with Crippen LogP contribution < -0.4 is 11.1 Å². The van der Waals surface area contributed by atoms with Crippen molar-refractivity contribution in [3.05, 3.63) is 23.8 Å². The van der Waals surface area contributed by atoms with Gasteiger partial charge in [0, 0.05) is 31.9 Å². The molecular weight excluding hydrogens is 353 g/mol. The predicted octanol–water partition coefficient (Wildman–Crippen LogP) is 1.65. The van der Waals surface area contributed by atoms with Crippen LogP contribution in [0.25, 0.3) is 0 Å². The number of nitrogens with zero attached hydrogens (tertiary/aromatic N) is 3. The first kappa shape index (κ1) is 16.1. The van der Waals surface area contributed by atoms with Gasteiger partial charge < -0.3 is 11.1 Å². The van der Waals surface area contributed by atoms with Crippen LogP contribution in [0.15, 0.2) is 17.4 Å². The minimum atomic E-state index is 0. The largest absolute Gasteiger partial charge is 0.370 e. The van der Waals surface area contributed by atoms with Crippen LogP contribution in [0.3, 0.4) is 0 Å². The number of aryl methyl sites for hydroxylation is 1. The van der Waals surface area contributed by atoms with Crippen molar-refractivity contribution in [3.8, 4) is 0 Å². The van der Waals surface area contributed by atoms with Crippen LogP contribution in [0, 0.1) is 12.8 Å². The Labute approximate surface area is 131 Å². The third kappa shape index (κ3) is 5.71. The maximum absolute atomic E-state index is 5.79. The van der Waals surface area contributed by atoms with Crippen molar-refractivity contribution in [2.24, 2.45) is 16.6 Å².